The molecule has 2 aromatic carbocycles. The lowest BCUT2D eigenvalue weighted by Crippen LogP contribution is -2.25. The summed E-state index contributed by atoms with van der Waals surface area (Å²) in [5.74, 6) is 0.691. The summed E-state index contributed by atoms with van der Waals surface area (Å²) in [5.41, 5.74) is 2.38. The Labute approximate surface area is 164 Å². The predicted octanol–water partition coefficient (Wildman–Crippen LogP) is 3.88. The third-order valence-electron chi connectivity index (χ3n) is 4.43. The van der Waals surface area contributed by atoms with Crippen molar-refractivity contribution in [3.05, 3.63) is 59.2 Å². The fourth-order valence-corrected chi connectivity index (χ4v) is 2.83. The van der Waals surface area contributed by atoms with E-state index in [1.165, 1.54) is 7.11 Å². The fraction of sp³-hybridized carbons (Fsp3) is 0.273. The van der Waals surface area contributed by atoms with Crippen molar-refractivity contribution in [2.75, 3.05) is 19.5 Å². The average Bonchev–Trinajstić information content (AvgIpc) is 3.52. The minimum Gasteiger partial charge on any atom is -0.493 e. The number of amides is 2. The zero-order valence-corrected chi connectivity index (χ0v) is 16.2. The highest BCUT2D eigenvalue weighted by Crippen LogP contribution is 2.33. The van der Waals surface area contributed by atoms with E-state index in [1.807, 2.05) is 19.1 Å². The quantitative estimate of drug-likeness (QED) is 0.764. The van der Waals surface area contributed by atoms with Crippen LogP contribution in [-0.2, 0) is 0 Å². The molecule has 0 spiro atoms. The molecule has 0 unspecified atom stereocenters. The number of benzene rings is 2. The van der Waals surface area contributed by atoms with Crippen molar-refractivity contribution in [3.8, 4) is 11.5 Å². The molecule has 2 aromatic rings. The van der Waals surface area contributed by atoms with E-state index in [9.17, 15) is 9.59 Å². The second-order valence-electron chi connectivity index (χ2n) is 6.58. The van der Waals surface area contributed by atoms with Gasteiger partial charge in [0.15, 0.2) is 11.5 Å². The molecule has 1 fully saturated rings. The first kappa shape index (κ1) is 19.5. The number of anilines is 1. The maximum absolute atomic E-state index is 12.7. The van der Waals surface area contributed by atoms with Crippen LogP contribution >= 0.6 is 0 Å². The molecule has 146 valence electrons. The van der Waals surface area contributed by atoms with Gasteiger partial charge in [-0.05, 0) is 56.2 Å². The summed E-state index contributed by atoms with van der Waals surface area (Å²) in [6.07, 6.45) is 5.80. The molecule has 0 bridgehead atoms. The Morgan fingerprint density at radius 3 is 2.29 bits per heavy atom. The summed E-state index contributed by atoms with van der Waals surface area (Å²) in [7, 11) is 3.09. The molecule has 28 heavy (non-hydrogen) atoms. The van der Waals surface area contributed by atoms with Crippen molar-refractivity contribution in [2.24, 2.45) is 0 Å². The molecular formula is C22H24N2O4. The highest BCUT2D eigenvalue weighted by atomic mass is 16.5. The van der Waals surface area contributed by atoms with Crippen LogP contribution in [-0.4, -0.2) is 32.1 Å². The van der Waals surface area contributed by atoms with Gasteiger partial charge in [0.2, 0.25) is 0 Å². The molecule has 0 radical (unpaired) electrons. The SMILES string of the molecule is CC=Cc1cc(C(=O)Nc2ccc(C(=O)NC3CC3)cc2)cc(OC)c1OC. The number of rotatable bonds is 7. The Balaban J connectivity index is 1.76. The van der Waals surface area contributed by atoms with Gasteiger partial charge in [0.25, 0.3) is 11.8 Å². The van der Waals surface area contributed by atoms with Crippen LogP contribution < -0.4 is 20.1 Å². The highest BCUT2D eigenvalue weighted by molar-refractivity contribution is 6.05. The van der Waals surface area contributed by atoms with Crippen LogP contribution in [0.4, 0.5) is 5.69 Å². The van der Waals surface area contributed by atoms with E-state index in [2.05, 4.69) is 10.6 Å². The Bertz CT molecular complexity index is 899. The molecule has 1 saturated carbocycles. The summed E-state index contributed by atoms with van der Waals surface area (Å²) in [5, 5.41) is 5.78. The van der Waals surface area contributed by atoms with Gasteiger partial charge in [-0.15, -0.1) is 0 Å². The highest BCUT2D eigenvalue weighted by Gasteiger charge is 2.23. The molecule has 0 atom stereocenters. The first-order chi connectivity index (χ1) is 13.5. The van der Waals surface area contributed by atoms with E-state index in [1.54, 1.807) is 43.5 Å². The molecule has 0 heterocycles. The second kappa shape index (κ2) is 8.61. The van der Waals surface area contributed by atoms with Crippen molar-refractivity contribution in [3.63, 3.8) is 0 Å². The van der Waals surface area contributed by atoms with E-state index >= 15 is 0 Å². The molecule has 6 nitrogen and oxygen atoms in total. The minimum atomic E-state index is -0.276. The van der Waals surface area contributed by atoms with Crippen LogP contribution in [0.15, 0.2) is 42.5 Å². The first-order valence-electron chi connectivity index (χ1n) is 9.16. The summed E-state index contributed by atoms with van der Waals surface area (Å²) < 4.78 is 10.8. The van der Waals surface area contributed by atoms with Crippen LogP contribution in [0.2, 0.25) is 0 Å². The van der Waals surface area contributed by atoms with Crippen LogP contribution in [0.25, 0.3) is 6.08 Å². The van der Waals surface area contributed by atoms with Gasteiger partial charge in [-0.3, -0.25) is 9.59 Å². The van der Waals surface area contributed by atoms with Gasteiger partial charge in [-0.2, -0.15) is 0 Å². The lowest BCUT2D eigenvalue weighted by atomic mass is 10.1. The number of methoxy groups -OCH3 is 2. The minimum absolute atomic E-state index is 0.0868. The van der Waals surface area contributed by atoms with E-state index in [0.29, 0.717) is 34.4 Å². The number of carbonyl (C=O) groups is 2. The summed E-state index contributed by atoms with van der Waals surface area (Å²) >= 11 is 0. The van der Waals surface area contributed by atoms with Gasteiger partial charge in [-0.25, -0.2) is 0 Å². The van der Waals surface area contributed by atoms with Gasteiger partial charge in [0, 0.05) is 28.4 Å². The lowest BCUT2D eigenvalue weighted by molar-refractivity contribution is 0.0950. The topological polar surface area (TPSA) is 76.7 Å². The van der Waals surface area contributed by atoms with Crippen molar-refractivity contribution in [1.82, 2.24) is 5.32 Å². The molecule has 0 aliphatic heterocycles. The van der Waals surface area contributed by atoms with Gasteiger partial charge in [-0.1, -0.05) is 12.2 Å². The Morgan fingerprint density at radius 1 is 1.00 bits per heavy atom. The van der Waals surface area contributed by atoms with Crippen LogP contribution in [0.1, 0.15) is 46.0 Å². The number of allylic oxidation sites excluding steroid dienone is 1. The number of hydrogen-bond acceptors (Lipinski definition) is 4. The molecule has 2 amide bonds. The zero-order chi connectivity index (χ0) is 20.1. The van der Waals surface area contributed by atoms with Gasteiger partial charge in [0.05, 0.1) is 14.2 Å². The smallest absolute Gasteiger partial charge is 0.255 e. The summed E-state index contributed by atoms with van der Waals surface area (Å²) in [4.78, 5) is 24.7. The number of carbonyl (C=O) groups excluding carboxylic acids is 2. The molecule has 0 aromatic heterocycles. The van der Waals surface area contributed by atoms with Crippen LogP contribution in [0.3, 0.4) is 0 Å². The average molecular weight is 380 g/mol. The van der Waals surface area contributed by atoms with Gasteiger partial charge in [0.1, 0.15) is 0 Å². The Hall–Kier alpha value is -3.28. The first-order valence-corrected chi connectivity index (χ1v) is 9.16. The number of nitrogens with one attached hydrogen (secondary N) is 2. The molecule has 1 aliphatic carbocycles. The normalized spacial score (nSPS) is 13.2. The van der Waals surface area contributed by atoms with Crippen molar-refractivity contribution in [2.45, 2.75) is 25.8 Å². The van der Waals surface area contributed by atoms with E-state index in [4.69, 9.17) is 9.47 Å². The second-order valence-corrected chi connectivity index (χ2v) is 6.58. The maximum atomic E-state index is 12.7. The van der Waals surface area contributed by atoms with Crippen molar-refractivity contribution >= 4 is 23.6 Å². The standard InChI is InChI=1S/C22H24N2O4/c1-4-5-15-12-16(13-19(27-2)20(15)28-3)22(26)24-17-8-6-14(7-9-17)21(25)23-18-10-11-18/h4-9,12-13,18H,10-11H2,1-3H3,(H,23,25)(H,24,26). The summed E-state index contributed by atoms with van der Waals surface area (Å²) in [6.45, 7) is 1.89. The van der Waals surface area contributed by atoms with Crippen molar-refractivity contribution < 1.29 is 19.1 Å². The molecule has 1 aliphatic rings. The predicted molar refractivity (Wildman–Crippen MR) is 109 cm³/mol. The molecule has 0 saturated heterocycles. The summed E-state index contributed by atoms with van der Waals surface area (Å²) in [6, 6.07) is 10.5. The zero-order valence-electron chi connectivity index (χ0n) is 16.2. The van der Waals surface area contributed by atoms with Gasteiger partial charge >= 0.3 is 0 Å². The fourth-order valence-electron chi connectivity index (χ4n) is 2.83. The lowest BCUT2D eigenvalue weighted by Gasteiger charge is -2.13. The maximum Gasteiger partial charge on any atom is 0.255 e. The molecule has 6 heteroatoms. The molecule has 2 N–H and O–H groups in total. The Kier molecular flexibility index (Phi) is 5.99. The number of hydrogen-bond donors (Lipinski definition) is 2. The van der Waals surface area contributed by atoms with Crippen molar-refractivity contribution in [1.29, 1.82) is 0 Å². The monoisotopic (exact) mass is 380 g/mol. The van der Waals surface area contributed by atoms with Crippen LogP contribution in [0, 0.1) is 0 Å². The Morgan fingerprint density at radius 2 is 1.71 bits per heavy atom. The molecule has 3 rings (SSSR count). The third-order valence-corrected chi connectivity index (χ3v) is 4.43. The third kappa shape index (κ3) is 4.52. The number of ether oxygens (including phenoxy) is 2. The van der Waals surface area contributed by atoms with E-state index in [0.717, 1.165) is 18.4 Å². The largest absolute Gasteiger partial charge is 0.493 e. The van der Waals surface area contributed by atoms with E-state index < -0.39 is 0 Å². The molecular weight excluding hydrogens is 356 g/mol. The van der Waals surface area contributed by atoms with Crippen LogP contribution in [0.5, 0.6) is 11.5 Å². The van der Waals surface area contributed by atoms with E-state index in [-0.39, 0.29) is 11.8 Å². The van der Waals surface area contributed by atoms with Gasteiger partial charge < -0.3 is 20.1 Å².